The van der Waals surface area contributed by atoms with Gasteiger partial charge in [-0.25, -0.2) is 0 Å². The first kappa shape index (κ1) is 23.0. The fraction of sp³-hybridized carbons (Fsp3) is 0.526. The second-order valence-corrected chi connectivity index (χ2v) is 11.0. The quantitative estimate of drug-likeness (QED) is 0.490. The van der Waals surface area contributed by atoms with Crippen molar-refractivity contribution in [3.63, 3.8) is 0 Å². The molecule has 1 saturated heterocycles. The lowest BCUT2D eigenvalue weighted by atomic mass is 9.84. The second-order valence-electron chi connectivity index (χ2n) is 8.30. The van der Waals surface area contributed by atoms with Crippen LogP contribution in [0, 0.1) is 0 Å². The van der Waals surface area contributed by atoms with Crippen molar-refractivity contribution >= 4 is 31.3 Å². The number of phenols is 1. The van der Waals surface area contributed by atoms with Gasteiger partial charge in [0.2, 0.25) is 0 Å². The van der Waals surface area contributed by atoms with Crippen molar-refractivity contribution in [1.82, 2.24) is 9.80 Å². The molecule has 0 radical (unpaired) electrons. The zero-order valence-electron chi connectivity index (χ0n) is 17.0. The van der Waals surface area contributed by atoms with E-state index in [-0.39, 0.29) is 17.1 Å². The normalized spacial score (nSPS) is 17.6. The Hall–Kier alpha value is -1.31. The highest BCUT2D eigenvalue weighted by atomic mass is 32.2. The minimum atomic E-state index is -4.31. The summed E-state index contributed by atoms with van der Waals surface area (Å²) in [6, 6.07) is 3.73. The smallest absolute Gasteiger partial charge is 0.344 e. The molecule has 156 valence electrons. The van der Waals surface area contributed by atoms with E-state index in [9.17, 15) is 24.3 Å². The third kappa shape index (κ3) is 6.09. The van der Waals surface area contributed by atoms with E-state index in [1.807, 2.05) is 51.9 Å². The zero-order chi connectivity index (χ0) is 21.3. The molecule has 0 spiro atoms. The van der Waals surface area contributed by atoms with Crippen LogP contribution < -0.4 is 0 Å². The Labute approximate surface area is 170 Å². The molecule has 3 N–H and O–H groups in total. The molecule has 0 saturated carbocycles. The first-order valence-electron chi connectivity index (χ1n) is 8.97. The van der Waals surface area contributed by atoms with Crippen molar-refractivity contribution in [2.75, 3.05) is 32.7 Å². The van der Waals surface area contributed by atoms with Crippen molar-refractivity contribution < 1.29 is 24.3 Å². The monoisotopic (exact) mass is 428 g/mol. The third-order valence-electron chi connectivity index (χ3n) is 4.28. The summed E-state index contributed by atoms with van der Waals surface area (Å²) >= 11 is 1.38. The number of carbonyl (C=O) groups excluding carboxylic acids is 1. The van der Waals surface area contributed by atoms with Gasteiger partial charge in [-0.15, -0.1) is 11.8 Å². The van der Waals surface area contributed by atoms with Crippen LogP contribution >= 0.6 is 19.4 Å². The van der Waals surface area contributed by atoms with E-state index in [1.54, 1.807) is 6.08 Å². The van der Waals surface area contributed by atoms with Gasteiger partial charge < -0.3 is 24.7 Å². The van der Waals surface area contributed by atoms with Crippen molar-refractivity contribution in [2.24, 2.45) is 0 Å². The molecule has 1 heterocycles. The van der Waals surface area contributed by atoms with Gasteiger partial charge >= 0.3 is 7.60 Å². The molecule has 0 unspecified atom stereocenters. The van der Waals surface area contributed by atoms with E-state index in [4.69, 9.17) is 0 Å². The molecule has 1 aliphatic heterocycles. The summed E-state index contributed by atoms with van der Waals surface area (Å²) in [7, 11) is -0.474. The number of rotatable bonds is 5. The number of hydrogen-bond acceptors (Lipinski definition) is 5. The zero-order valence-corrected chi connectivity index (χ0v) is 18.7. The lowest BCUT2D eigenvalue weighted by Gasteiger charge is -2.28. The Morgan fingerprint density at radius 1 is 1.29 bits per heavy atom. The van der Waals surface area contributed by atoms with Gasteiger partial charge in [-0.3, -0.25) is 9.36 Å². The predicted molar refractivity (Wildman–Crippen MR) is 113 cm³/mol. The van der Waals surface area contributed by atoms with Gasteiger partial charge in [-0.2, -0.15) is 0 Å². The molecular formula is C19H29N2O5PS. The van der Waals surface area contributed by atoms with E-state index in [0.29, 0.717) is 23.7 Å². The van der Waals surface area contributed by atoms with Crippen LogP contribution in [0.5, 0.6) is 5.75 Å². The van der Waals surface area contributed by atoms with Crippen LogP contribution in [-0.4, -0.2) is 63.3 Å². The number of hydrogen-bond donors (Lipinski definition) is 3. The highest BCUT2D eigenvalue weighted by Crippen LogP contribution is 2.39. The van der Waals surface area contributed by atoms with Gasteiger partial charge in [0.05, 0.1) is 4.91 Å². The Morgan fingerprint density at radius 2 is 1.93 bits per heavy atom. The Kier molecular flexibility index (Phi) is 7.05. The maximum absolute atomic E-state index is 12.7. The number of nitrogens with zero attached hydrogens (tertiary/aromatic N) is 2. The summed E-state index contributed by atoms with van der Waals surface area (Å²) in [5.41, 5.74) is 2.06. The number of phenolic OH excluding ortho intramolecular Hbond substituents is 1. The molecule has 2 rings (SSSR count). The first-order chi connectivity index (χ1) is 12.8. The number of benzene rings is 1. The van der Waals surface area contributed by atoms with E-state index in [0.717, 1.165) is 16.7 Å². The third-order valence-corrected chi connectivity index (χ3v) is 5.98. The van der Waals surface area contributed by atoms with E-state index < -0.39 is 13.9 Å². The highest BCUT2D eigenvalue weighted by Gasteiger charge is 2.29. The second kappa shape index (κ2) is 8.59. The summed E-state index contributed by atoms with van der Waals surface area (Å²) in [5.74, 6) is 0.458. The van der Waals surface area contributed by atoms with E-state index >= 15 is 0 Å². The van der Waals surface area contributed by atoms with Gasteiger partial charge in [-0.05, 0) is 43.3 Å². The topological polar surface area (TPSA) is 101 Å². The van der Waals surface area contributed by atoms with Gasteiger partial charge in [0.1, 0.15) is 12.0 Å². The molecule has 28 heavy (non-hydrogen) atoms. The number of carbonyl (C=O) groups is 1. The largest absolute Gasteiger partial charge is 0.507 e. The molecule has 1 aliphatic rings. The van der Waals surface area contributed by atoms with E-state index in [2.05, 4.69) is 0 Å². The average Bonchev–Trinajstić information content (AvgIpc) is 2.51. The predicted octanol–water partition coefficient (Wildman–Crippen LogP) is 2.80. The highest BCUT2D eigenvalue weighted by molar-refractivity contribution is 8.04. The molecule has 0 aromatic heterocycles. The Morgan fingerprint density at radius 3 is 2.46 bits per heavy atom. The van der Waals surface area contributed by atoms with Crippen molar-refractivity contribution in [3.05, 3.63) is 33.7 Å². The van der Waals surface area contributed by atoms with Gasteiger partial charge in [0, 0.05) is 30.0 Å². The molecule has 1 amide bonds. The van der Waals surface area contributed by atoms with Gasteiger partial charge in [0.25, 0.3) is 5.91 Å². The maximum atomic E-state index is 12.7. The van der Waals surface area contributed by atoms with Crippen molar-refractivity contribution in [1.29, 1.82) is 0 Å². The van der Waals surface area contributed by atoms with Gasteiger partial charge in [0.15, 0.2) is 0 Å². The standard InChI is InChI=1S/C19H29N2O5PS/c1-19(2,3)15-9-13(8-14(17(15)22)11-20(4)5)10-16-18(23)21(6-7-28-16)12-27(24,25)26/h8-10,22H,6-7,11-12H2,1-5H3,(H2,24,25,26). The van der Waals surface area contributed by atoms with Gasteiger partial charge in [-0.1, -0.05) is 20.8 Å². The molecule has 0 aliphatic carbocycles. The number of thioether (sulfide) groups is 1. The molecule has 0 atom stereocenters. The molecule has 1 aromatic carbocycles. The lowest BCUT2D eigenvalue weighted by molar-refractivity contribution is -0.125. The summed E-state index contributed by atoms with van der Waals surface area (Å²) in [5, 5.41) is 10.7. The number of amides is 1. The van der Waals surface area contributed by atoms with Crippen LogP contribution in [0.1, 0.15) is 37.5 Å². The van der Waals surface area contributed by atoms with E-state index in [1.165, 1.54) is 16.7 Å². The molecule has 1 fully saturated rings. The summed E-state index contributed by atoms with van der Waals surface area (Å²) < 4.78 is 11.3. The van der Waals surface area contributed by atoms with Crippen LogP contribution in [0.15, 0.2) is 17.0 Å². The lowest BCUT2D eigenvalue weighted by Crippen LogP contribution is -2.37. The fourth-order valence-electron chi connectivity index (χ4n) is 3.03. The molecule has 0 bridgehead atoms. The minimum absolute atomic E-state index is 0.258. The SMILES string of the molecule is CN(C)Cc1cc(C=C2SCCN(CP(=O)(O)O)C2=O)cc(C(C)(C)C)c1O. The first-order valence-corrected chi connectivity index (χ1v) is 11.8. The van der Waals surface area contributed by atoms with Crippen molar-refractivity contribution in [2.45, 2.75) is 32.7 Å². The Bertz CT molecular complexity index is 826. The molecular weight excluding hydrogens is 399 g/mol. The molecule has 7 nitrogen and oxygen atoms in total. The fourth-order valence-corrected chi connectivity index (χ4v) is 4.75. The minimum Gasteiger partial charge on any atom is -0.507 e. The van der Waals surface area contributed by atoms with Crippen LogP contribution in [-0.2, 0) is 21.3 Å². The molecule has 1 aromatic rings. The summed E-state index contributed by atoms with van der Waals surface area (Å²) in [6.07, 6.45) is 1.17. The van der Waals surface area contributed by atoms with Crippen LogP contribution in [0.25, 0.3) is 6.08 Å². The number of aromatic hydroxyl groups is 1. The maximum Gasteiger partial charge on any atom is 0.344 e. The van der Waals surface area contributed by atoms with Crippen LogP contribution in [0.3, 0.4) is 0 Å². The summed E-state index contributed by atoms with van der Waals surface area (Å²) in [4.78, 5) is 34.7. The Balaban J connectivity index is 2.45. The van der Waals surface area contributed by atoms with Crippen molar-refractivity contribution in [3.8, 4) is 5.75 Å². The molecule has 9 heteroatoms. The van der Waals surface area contributed by atoms with Crippen LogP contribution in [0.2, 0.25) is 0 Å². The average molecular weight is 428 g/mol. The van der Waals surface area contributed by atoms with Crippen LogP contribution in [0.4, 0.5) is 0 Å². The summed E-state index contributed by atoms with van der Waals surface area (Å²) in [6.45, 7) is 6.90.